The molecule has 7 heteroatoms. The first-order valence-corrected chi connectivity index (χ1v) is 8.43. The molecule has 0 aliphatic rings. The number of carbonyl (C=O) groups excluding carboxylic acids is 1. The number of benzene rings is 1. The zero-order valence-corrected chi connectivity index (χ0v) is 13.0. The molecule has 106 valence electrons. The van der Waals surface area contributed by atoms with E-state index < -0.39 is 7.52 Å². The van der Waals surface area contributed by atoms with Crippen molar-refractivity contribution in [1.82, 2.24) is 5.09 Å². The van der Waals surface area contributed by atoms with Crippen molar-refractivity contribution >= 4 is 19.1 Å². The Morgan fingerprint density at radius 2 is 1.85 bits per heavy atom. The molecule has 1 atom stereocenters. The molecular weight excluding hydrogens is 270 g/mol. The van der Waals surface area contributed by atoms with Gasteiger partial charge in [0.2, 0.25) is 5.91 Å². The molecule has 1 aromatic rings. The summed E-state index contributed by atoms with van der Waals surface area (Å²) in [6.45, 7) is 1.61. The fourth-order valence-corrected chi connectivity index (χ4v) is 2.18. The van der Waals surface area contributed by atoms with Crippen LogP contribution in [0.15, 0.2) is 30.3 Å². The van der Waals surface area contributed by atoms with E-state index in [0.717, 1.165) is 24.9 Å². The second kappa shape index (κ2) is 10.2. The van der Waals surface area contributed by atoms with E-state index >= 15 is 0 Å². The molecule has 20 heavy (non-hydrogen) atoms. The summed E-state index contributed by atoms with van der Waals surface area (Å²) in [6, 6.07) is 9.31. The minimum absolute atomic E-state index is 0. The number of rotatable bonds is 8. The topological polar surface area (TPSA) is 81.3 Å². The van der Waals surface area contributed by atoms with Crippen LogP contribution in [-0.4, -0.2) is 19.1 Å². The standard InChI is InChI=1S/C13H21N2O3P.Li/c1-19(17,18)14-11-7-3-6-10-13(16)15-12-8-4-2-5-9-12;/h2,4-5,8-9H,3,6-7,10-11H2,1H3,(H,15,16)(H2,14,17,18);/q;+1/p-1. The van der Waals surface area contributed by atoms with Crippen molar-refractivity contribution in [3.63, 3.8) is 0 Å². The number of hydrogen-bond acceptors (Lipinski definition) is 3. The molecule has 1 unspecified atom stereocenters. The van der Waals surface area contributed by atoms with Crippen LogP contribution in [0.25, 0.3) is 0 Å². The second-order valence-corrected chi connectivity index (χ2v) is 6.49. The van der Waals surface area contributed by atoms with Crippen molar-refractivity contribution in [2.75, 3.05) is 18.5 Å². The molecule has 5 nitrogen and oxygen atoms in total. The van der Waals surface area contributed by atoms with Crippen LogP contribution in [0.2, 0.25) is 0 Å². The van der Waals surface area contributed by atoms with Crippen molar-refractivity contribution in [3.05, 3.63) is 30.3 Å². The van der Waals surface area contributed by atoms with Gasteiger partial charge in [-0.05, 0) is 31.6 Å². The van der Waals surface area contributed by atoms with Gasteiger partial charge in [-0.25, -0.2) is 0 Å². The first-order chi connectivity index (χ1) is 8.97. The summed E-state index contributed by atoms with van der Waals surface area (Å²) < 4.78 is 10.8. The predicted octanol–water partition coefficient (Wildman–Crippen LogP) is -1.04. The van der Waals surface area contributed by atoms with Crippen LogP contribution in [-0.2, 0) is 9.36 Å². The molecule has 0 aliphatic heterocycles. The van der Waals surface area contributed by atoms with E-state index in [1.807, 2.05) is 30.3 Å². The van der Waals surface area contributed by atoms with E-state index in [-0.39, 0.29) is 24.8 Å². The number of hydrogen-bond donors (Lipinski definition) is 2. The summed E-state index contributed by atoms with van der Waals surface area (Å²) in [5.41, 5.74) is 0.799. The minimum atomic E-state index is -3.36. The molecule has 0 bridgehead atoms. The van der Waals surface area contributed by atoms with Crippen LogP contribution in [0.4, 0.5) is 5.69 Å². The average molecular weight is 290 g/mol. The molecule has 1 amide bonds. The fraction of sp³-hybridized carbons (Fsp3) is 0.462. The Morgan fingerprint density at radius 3 is 2.45 bits per heavy atom. The number of amides is 1. The fourth-order valence-electron chi connectivity index (χ4n) is 1.61. The number of carbonyl (C=O) groups is 1. The maximum Gasteiger partial charge on any atom is 1.00 e. The molecule has 0 aromatic heterocycles. The zero-order chi connectivity index (χ0) is 14.1. The van der Waals surface area contributed by atoms with Crippen LogP contribution in [0, 0.1) is 0 Å². The van der Waals surface area contributed by atoms with E-state index in [9.17, 15) is 14.3 Å². The van der Waals surface area contributed by atoms with Gasteiger partial charge in [-0.15, -0.1) is 0 Å². The summed E-state index contributed by atoms with van der Waals surface area (Å²) in [6.07, 6.45) is 2.79. The predicted molar refractivity (Wildman–Crippen MR) is 75.1 cm³/mol. The summed E-state index contributed by atoms with van der Waals surface area (Å²) in [4.78, 5) is 22.4. The Morgan fingerprint density at radius 1 is 1.20 bits per heavy atom. The molecule has 0 fully saturated rings. The monoisotopic (exact) mass is 290 g/mol. The maximum absolute atomic E-state index is 11.6. The van der Waals surface area contributed by atoms with Crippen LogP contribution >= 0.6 is 7.52 Å². The van der Waals surface area contributed by atoms with E-state index in [1.165, 1.54) is 6.66 Å². The molecule has 2 N–H and O–H groups in total. The van der Waals surface area contributed by atoms with Gasteiger partial charge in [-0.3, -0.25) is 9.88 Å². The SMILES string of the molecule is CP(=O)([O-])NCCCCCC(=O)Nc1ccccc1.[Li+]. The van der Waals surface area contributed by atoms with Crippen LogP contribution in [0.5, 0.6) is 0 Å². The molecule has 0 spiro atoms. The Hall–Kier alpha value is -0.563. The Kier molecular flexibility index (Phi) is 9.92. The molecular formula is C13H20LiN2O3P. The average Bonchev–Trinajstić information content (AvgIpc) is 2.33. The summed E-state index contributed by atoms with van der Waals surface area (Å²) in [7, 11) is -3.36. The molecule has 1 rings (SSSR count). The van der Waals surface area contributed by atoms with Gasteiger partial charge in [0.1, 0.15) is 0 Å². The van der Waals surface area contributed by atoms with Crippen molar-refractivity contribution < 1.29 is 33.1 Å². The normalized spacial score (nSPS) is 13.1. The molecule has 0 aliphatic carbocycles. The molecule has 1 aromatic carbocycles. The van der Waals surface area contributed by atoms with Crippen LogP contribution in [0.3, 0.4) is 0 Å². The number of nitrogens with one attached hydrogen (secondary N) is 2. The van der Waals surface area contributed by atoms with Crippen LogP contribution < -0.4 is 34.2 Å². The summed E-state index contributed by atoms with van der Waals surface area (Å²) in [5, 5.41) is 5.26. The zero-order valence-electron chi connectivity index (χ0n) is 12.1. The first-order valence-electron chi connectivity index (χ1n) is 6.36. The van der Waals surface area contributed by atoms with E-state index in [4.69, 9.17) is 0 Å². The Labute approximate surface area is 132 Å². The quantitative estimate of drug-likeness (QED) is 0.364. The van der Waals surface area contributed by atoms with Crippen LogP contribution in [0.1, 0.15) is 25.7 Å². The van der Waals surface area contributed by atoms with Gasteiger partial charge in [0.15, 0.2) is 0 Å². The van der Waals surface area contributed by atoms with Gasteiger partial charge < -0.3 is 14.8 Å². The third kappa shape index (κ3) is 10.3. The largest absolute Gasteiger partial charge is 1.00 e. The van der Waals surface area contributed by atoms with Gasteiger partial charge in [-0.1, -0.05) is 24.6 Å². The van der Waals surface area contributed by atoms with Crippen molar-refractivity contribution in [1.29, 1.82) is 0 Å². The molecule has 0 heterocycles. The Bertz CT molecular complexity index is 437. The van der Waals surface area contributed by atoms with Gasteiger partial charge in [0.05, 0.1) is 7.52 Å². The third-order valence-electron chi connectivity index (χ3n) is 2.54. The summed E-state index contributed by atoms with van der Waals surface area (Å²) >= 11 is 0. The third-order valence-corrected chi connectivity index (χ3v) is 3.34. The molecule has 0 saturated carbocycles. The van der Waals surface area contributed by atoms with E-state index in [0.29, 0.717) is 13.0 Å². The van der Waals surface area contributed by atoms with E-state index in [2.05, 4.69) is 10.4 Å². The molecule has 0 radical (unpaired) electrons. The number of para-hydroxylation sites is 1. The maximum atomic E-state index is 11.6. The van der Waals surface area contributed by atoms with Crippen molar-refractivity contribution in [2.45, 2.75) is 25.7 Å². The second-order valence-electron chi connectivity index (χ2n) is 4.48. The number of unbranched alkanes of at least 4 members (excludes halogenated alkanes) is 2. The van der Waals surface area contributed by atoms with Gasteiger partial charge >= 0.3 is 18.9 Å². The van der Waals surface area contributed by atoms with Gasteiger partial charge in [-0.2, -0.15) is 0 Å². The van der Waals surface area contributed by atoms with Gasteiger partial charge in [0.25, 0.3) is 0 Å². The van der Waals surface area contributed by atoms with Crippen molar-refractivity contribution in [2.24, 2.45) is 0 Å². The van der Waals surface area contributed by atoms with Gasteiger partial charge in [0, 0.05) is 18.7 Å². The molecule has 0 saturated heterocycles. The first kappa shape index (κ1) is 19.4. The van der Waals surface area contributed by atoms with Crippen molar-refractivity contribution in [3.8, 4) is 0 Å². The number of anilines is 1. The smallest absolute Gasteiger partial charge is 0.788 e. The van der Waals surface area contributed by atoms with E-state index in [1.54, 1.807) is 0 Å². The minimum Gasteiger partial charge on any atom is -0.788 e. The summed E-state index contributed by atoms with van der Waals surface area (Å²) in [5.74, 6) is -0.0100. The Balaban J connectivity index is 0.00000361.